The summed E-state index contributed by atoms with van der Waals surface area (Å²) >= 11 is 0. The summed E-state index contributed by atoms with van der Waals surface area (Å²) in [6, 6.07) is 17.3. The number of hydrogen-bond donors (Lipinski definition) is 3. The van der Waals surface area contributed by atoms with Gasteiger partial charge in [0, 0.05) is 36.9 Å². The van der Waals surface area contributed by atoms with Crippen molar-refractivity contribution in [2.75, 3.05) is 23.7 Å². The van der Waals surface area contributed by atoms with Crippen molar-refractivity contribution in [2.45, 2.75) is 19.9 Å². The Labute approximate surface area is 208 Å². The number of carbonyl (C=O) groups is 1. The van der Waals surface area contributed by atoms with Gasteiger partial charge in [-0.25, -0.2) is 19.9 Å². The van der Waals surface area contributed by atoms with E-state index < -0.39 is 5.97 Å². The Bertz CT molecular complexity index is 1360. The summed E-state index contributed by atoms with van der Waals surface area (Å²) in [7, 11) is 0. The van der Waals surface area contributed by atoms with Gasteiger partial charge in [-0.15, -0.1) is 0 Å². The van der Waals surface area contributed by atoms with Crippen LogP contribution in [0.1, 0.15) is 17.7 Å². The molecule has 10 nitrogen and oxygen atoms in total. The van der Waals surface area contributed by atoms with Gasteiger partial charge < -0.3 is 15.7 Å². The number of hydrogen-bond acceptors (Lipinski definition) is 9. The summed E-state index contributed by atoms with van der Waals surface area (Å²) in [5, 5.41) is 15.6. The van der Waals surface area contributed by atoms with Crippen LogP contribution in [0, 0.1) is 12.8 Å². The molecule has 3 N–H and O–H groups in total. The number of anilines is 4. The highest BCUT2D eigenvalue weighted by Crippen LogP contribution is 2.22. The molecule has 1 fully saturated rings. The molecule has 0 spiro atoms. The van der Waals surface area contributed by atoms with Crippen molar-refractivity contribution < 1.29 is 9.90 Å². The number of carboxylic acid groups (broad SMARTS) is 1. The highest BCUT2D eigenvalue weighted by molar-refractivity contribution is 5.70. The molecular weight excluding hydrogens is 456 g/mol. The van der Waals surface area contributed by atoms with Crippen molar-refractivity contribution in [1.29, 1.82) is 0 Å². The van der Waals surface area contributed by atoms with E-state index in [-0.39, 0.29) is 5.92 Å². The fourth-order valence-corrected chi connectivity index (χ4v) is 4.10. The Morgan fingerprint density at radius 3 is 2.50 bits per heavy atom. The number of aliphatic carboxylic acids is 1. The van der Waals surface area contributed by atoms with Crippen LogP contribution in [0.2, 0.25) is 0 Å². The minimum absolute atomic E-state index is 0.267. The maximum atomic E-state index is 11.2. The molecular formula is C26H26N8O2. The molecule has 36 heavy (non-hydrogen) atoms. The zero-order chi connectivity index (χ0) is 24.9. The summed E-state index contributed by atoms with van der Waals surface area (Å²) < 4.78 is 0. The molecule has 1 saturated heterocycles. The fourth-order valence-electron chi connectivity index (χ4n) is 4.10. The third kappa shape index (κ3) is 5.78. The average molecular weight is 483 g/mol. The van der Waals surface area contributed by atoms with Crippen LogP contribution in [0.4, 0.5) is 23.3 Å². The molecule has 4 aromatic rings. The largest absolute Gasteiger partial charge is 0.481 e. The zero-order valence-corrected chi connectivity index (χ0v) is 19.8. The molecule has 4 heterocycles. The first-order valence-electron chi connectivity index (χ1n) is 11.7. The second-order valence-corrected chi connectivity index (χ2v) is 8.70. The lowest BCUT2D eigenvalue weighted by Crippen LogP contribution is -2.22. The molecule has 1 aromatic carbocycles. The SMILES string of the molecule is Cc1cccc(-c2nccc(Nc3ccnc(Nc4ccc(CN5CCC(C(=O)O)C5)cc4)n3)n2)n1. The fraction of sp³-hybridized carbons (Fsp3) is 0.231. The van der Waals surface area contributed by atoms with Gasteiger partial charge in [0.1, 0.15) is 17.3 Å². The van der Waals surface area contributed by atoms with Crippen molar-refractivity contribution in [1.82, 2.24) is 29.8 Å². The number of nitrogens with zero attached hydrogens (tertiary/aromatic N) is 6. The van der Waals surface area contributed by atoms with Gasteiger partial charge in [0.25, 0.3) is 0 Å². The number of aryl methyl sites for hydroxylation is 1. The molecule has 0 aliphatic carbocycles. The van der Waals surface area contributed by atoms with Crippen molar-refractivity contribution in [3.8, 4) is 11.5 Å². The highest BCUT2D eigenvalue weighted by Gasteiger charge is 2.27. The number of aromatic nitrogens is 5. The van der Waals surface area contributed by atoms with Gasteiger partial charge in [0.05, 0.1) is 5.92 Å². The van der Waals surface area contributed by atoms with Crippen molar-refractivity contribution in [3.63, 3.8) is 0 Å². The Hall–Kier alpha value is -4.44. The summed E-state index contributed by atoms with van der Waals surface area (Å²) in [4.78, 5) is 35.6. The van der Waals surface area contributed by atoms with Crippen molar-refractivity contribution in [3.05, 3.63) is 78.2 Å². The lowest BCUT2D eigenvalue weighted by molar-refractivity contribution is -0.141. The van der Waals surface area contributed by atoms with E-state index in [4.69, 9.17) is 0 Å². The van der Waals surface area contributed by atoms with Gasteiger partial charge >= 0.3 is 5.97 Å². The van der Waals surface area contributed by atoms with E-state index >= 15 is 0 Å². The Morgan fingerprint density at radius 1 is 0.972 bits per heavy atom. The first-order valence-corrected chi connectivity index (χ1v) is 11.7. The normalized spacial score (nSPS) is 15.5. The van der Waals surface area contributed by atoms with Gasteiger partial charge in [-0.05, 0) is 61.9 Å². The average Bonchev–Trinajstić information content (AvgIpc) is 3.35. The van der Waals surface area contributed by atoms with E-state index in [0.29, 0.717) is 42.1 Å². The Morgan fingerprint density at radius 2 is 1.75 bits per heavy atom. The molecule has 0 saturated carbocycles. The van der Waals surface area contributed by atoms with Crippen LogP contribution < -0.4 is 10.6 Å². The van der Waals surface area contributed by atoms with Gasteiger partial charge in [0.2, 0.25) is 5.95 Å². The molecule has 0 bridgehead atoms. The summed E-state index contributed by atoms with van der Waals surface area (Å²) in [6.45, 7) is 4.07. The van der Waals surface area contributed by atoms with Crippen molar-refractivity contribution >= 4 is 29.2 Å². The van der Waals surface area contributed by atoms with Gasteiger partial charge in [-0.3, -0.25) is 9.69 Å². The predicted octanol–water partition coefficient (Wildman–Crippen LogP) is 4.03. The molecule has 1 aliphatic rings. The topological polar surface area (TPSA) is 129 Å². The third-order valence-corrected chi connectivity index (χ3v) is 5.92. The van der Waals surface area contributed by atoms with Gasteiger partial charge in [-0.1, -0.05) is 18.2 Å². The Kier molecular flexibility index (Phi) is 6.76. The first-order chi connectivity index (χ1) is 17.5. The molecule has 5 rings (SSSR count). The third-order valence-electron chi connectivity index (χ3n) is 5.92. The Balaban J connectivity index is 1.22. The van der Waals surface area contributed by atoms with E-state index in [9.17, 15) is 9.90 Å². The second kappa shape index (κ2) is 10.4. The molecule has 3 aromatic heterocycles. The summed E-state index contributed by atoms with van der Waals surface area (Å²) in [5.41, 5.74) is 3.59. The standard InChI is InChI=1S/C26H26N8O2/c1-17-3-2-4-21(29-17)24-27-12-9-22(32-24)31-23-10-13-28-26(33-23)30-20-7-5-18(6-8-20)15-34-14-11-19(16-34)25(35)36/h2-10,12-13,19H,11,14-16H2,1H3,(H,35,36)(H2,27,28,30,31,32,33). The molecule has 1 aliphatic heterocycles. The molecule has 1 atom stereocenters. The number of benzene rings is 1. The molecule has 0 radical (unpaired) electrons. The predicted molar refractivity (Wildman–Crippen MR) is 136 cm³/mol. The maximum absolute atomic E-state index is 11.2. The van der Waals surface area contributed by atoms with E-state index in [0.717, 1.165) is 30.0 Å². The van der Waals surface area contributed by atoms with E-state index in [1.165, 1.54) is 0 Å². The molecule has 1 unspecified atom stereocenters. The molecule has 0 amide bonds. The van der Waals surface area contributed by atoms with Gasteiger partial charge in [0.15, 0.2) is 5.82 Å². The van der Waals surface area contributed by atoms with E-state index in [1.54, 1.807) is 24.5 Å². The molecule has 10 heteroatoms. The minimum Gasteiger partial charge on any atom is -0.481 e. The van der Waals surface area contributed by atoms with E-state index in [1.807, 2.05) is 49.4 Å². The number of likely N-dealkylation sites (tertiary alicyclic amines) is 1. The monoisotopic (exact) mass is 482 g/mol. The zero-order valence-electron chi connectivity index (χ0n) is 19.8. The minimum atomic E-state index is -0.711. The van der Waals surface area contributed by atoms with Crippen LogP contribution in [0.15, 0.2) is 67.0 Å². The number of pyridine rings is 1. The summed E-state index contributed by atoms with van der Waals surface area (Å²) in [5.74, 6) is 1.20. The molecule has 182 valence electrons. The lowest BCUT2D eigenvalue weighted by Gasteiger charge is -2.15. The first kappa shape index (κ1) is 23.3. The number of carboxylic acids is 1. The van der Waals surface area contributed by atoms with Crippen LogP contribution >= 0.6 is 0 Å². The van der Waals surface area contributed by atoms with E-state index in [2.05, 4.69) is 40.5 Å². The van der Waals surface area contributed by atoms with Crippen LogP contribution in [0.25, 0.3) is 11.5 Å². The lowest BCUT2D eigenvalue weighted by atomic mass is 10.1. The highest BCUT2D eigenvalue weighted by atomic mass is 16.4. The van der Waals surface area contributed by atoms with Crippen LogP contribution in [-0.2, 0) is 11.3 Å². The quantitative estimate of drug-likeness (QED) is 0.338. The second-order valence-electron chi connectivity index (χ2n) is 8.70. The van der Waals surface area contributed by atoms with Crippen molar-refractivity contribution in [2.24, 2.45) is 5.92 Å². The van der Waals surface area contributed by atoms with Crippen LogP contribution in [0.3, 0.4) is 0 Å². The van der Waals surface area contributed by atoms with Crippen LogP contribution in [0.5, 0.6) is 0 Å². The maximum Gasteiger partial charge on any atom is 0.307 e. The van der Waals surface area contributed by atoms with Crippen LogP contribution in [-0.4, -0.2) is 54.0 Å². The smallest absolute Gasteiger partial charge is 0.307 e. The van der Waals surface area contributed by atoms with Gasteiger partial charge in [-0.2, -0.15) is 4.98 Å². The number of rotatable bonds is 8. The number of nitrogens with one attached hydrogen (secondary N) is 2. The summed E-state index contributed by atoms with van der Waals surface area (Å²) in [6.07, 6.45) is 4.05.